The average Bonchev–Trinajstić information content (AvgIpc) is 2.37. The van der Waals surface area contributed by atoms with Gasteiger partial charge in [0.15, 0.2) is 5.60 Å². The first-order valence-corrected chi connectivity index (χ1v) is 4.85. The van der Waals surface area contributed by atoms with Crippen molar-refractivity contribution in [2.75, 3.05) is 13.7 Å². The lowest BCUT2D eigenvalue weighted by Gasteiger charge is -2.32. The first kappa shape index (κ1) is 13.5. The number of rotatable bonds is 5. The van der Waals surface area contributed by atoms with Gasteiger partial charge < -0.3 is 15.6 Å². The summed E-state index contributed by atoms with van der Waals surface area (Å²) < 4.78 is 31.9. The third kappa shape index (κ3) is 2.27. The summed E-state index contributed by atoms with van der Waals surface area (Å²) in [5, 5.41) is 9.96. The molecule has 0 aliphatic carbocycles. The molecule has 1 rings (SSSR count). The quantitative estimate of drug-likeness (QED) is 0.760. The largest absolute Gasteiger partial charge is 0.481 e. The van der Waals surface area contributed by atoms with Gasteiger partial charge in [0.25, 0.3) is 5.92 Å². The van der Waals surface area contributed by atoms with Crippen molar-refractivity contribution in [1.29, 1.82) is 0 Å². The van der Waals surface area contributed by atoms with Gasteiger partial charge in [0, 0.05) is 24.4 Å². The number of aliphatic hydroxyl groups is 1. The molecule has 0 spiro atoms. The molecule has 3 N–H and O–H groups in total. The van der Waals surface area contributed by atoms with Gasteiger partial charge >= 0.3 is 0 Å². The third-order valence-corrected chi connectivity index (χ3v) is 2.53. The summed E-state index contributed by atoms with van der Waals surface area (Å²) in [6.45, 7) is 2.34. The summed E-state index contributed by atoms with van der Waals surface area (Å²) in [6, 6.07) is 2.66. The Bertz CT molecular complexity index is 395. The first-order chi connectivity index (χ1) is 7.91. The highest BCUT2D eigenvalue weighted by Gasteiger charge is 2.50. The Morgan fingerprint density at radius 2 is 2.24 bits per heavy atom. The smallest absolute Gasteiger partial charge is 0.299 e. The van der Waals surface area contributed by atoms with Crippen LogP contribution in [0.5, 0.6) is 5.88 Å². The van der Waals surface area contributed by atoms with E-state index in [1.807, 2.05) is 0 Å². The zero-order valence-electron chi connectivity index (χ0n) is 9.36. The first-order valence-electron chi connectivity index (χ1n) is 4.85. The summed E-state index contributed by atoms with van der Waals surface area (Å²) >= 11 is 0. The molecule has 1 atom stereocenters. The van der Waals surface area contributed by atoms with E-state index < -0.39 is 18.1 Å². The maximum absolute atomic E-state index is 13.6. The Kier molecular flexibility index (Phi) is 3.79. The van der Waals surface area contributed by atoms with Crippen molar-refractivity contribution in [3.63, 3.8) is 0 Å². The highest BCUT2D eigenvalue weighted by molar-refractivity contribution is 5.28. The Hall–Kier alpha value is -1.53. The van der Waals surface area contributed by atoms with Crippen LogP contribution in [0.25, 0.3) is 0 Å². The van der Waals surface area contributed by atoms with Crippen LogP contribution in [0.1, 0.15) is 5.56 Å². The van der Waals surface area contributed by atoms with E-state index in [0.29, 0.717) is 6.08 Å². The van der Waals surface area contributed by atoms with Crippen molar-refractivity contribution in [2.24, 2.45) is 5.73 Å². The van der Waals surface area contributed by atoms with Gasteiger partial charge in [-0.3, -0.25) is 0 Å². The Balaban J connectivity index is 3.20. The summed E-state index contributed by atoms with van der Waals surface area (Å²) in [5.41, 5.74) is 2.62. The number of halogens is 2. The van der Waals surface area contributed by atoms with E-state index in [2.05, 4.69) is 11.6 Å². The van der Waals surface area contributed by atoms with Gasteiger partial charge in [0.2, 0.25) is 5.88 Å². The van der Waals surface area contributed by atoms with Crippen LogP contribution >= 0.6 is 0 Å². The number of ether oxygens (including phenoxy) is 1. The molecule has 0 bridgehead atoms. The summed E-state index contributed by atoms with van der Waals surface area (Å²) in [4.78, 5) is 3.75. The molecular weight excluding hydrogens is 230 g/mol. The summed E-state index contributed by atoms with van der Waals surface area (Å²) in [6.07, 6.45) is 1.47. The van der Waals surface area contributed by atoms with Gasteiger partial charge in [-0.05, 0) is 12.1 Å². The van der Waals surface area contributed by atoms with Crippen molar-refractivity contribution in [3.05, 3.63) is 36.5 Å². The minimum Gasteiger partial charge on any atom is -0.481 e. The van der Waals surface area contributed by atoms with Crippen molar-refractivity contribution in [3.8, 4) is 5.88 Å². The molecule has 1 aromatic heterocycles. The fraction of sp³-hybridized carbons (Fsp3) is 0.364. The number of nitrogens with two attached hydrogens (primary N) is 1. The summed E-state index contributed by atoms with van der Waals surface area (Å²) in [5.74, 6) is -3.28. The predicted molar refractivity (Wildman–Crippen MR) is 58.9 cm³/mol. The second-order valence-electron chi connectivity index (χ2n) is 3.48. The molecule has 94 valence electrons. The van der Waals surface area contributed by atoms with Crippen LogP contribution in [-0.4, -0.2) is 29.7 Å². The minimum absolute atomic E-state index is 0.0919. The van der Waals surface area contributed by atoms with Crippen LogP contribution in [0.4, 0.5) is 8.78 Å². The van der Waals surface area contributed by atoms with E-state index in [-0.39, 0.29) is 11.4 Å². The molecule has 1 aromatic rings. The topological polar surface area (TPSA) is 68.4 Å². The molecule has 0 saturated heterocycles. The van der Waals surface area contributed by atoms with Gasteiger partial charge in [0.05, 0.1) is 7.11 Å². The standard InChI is InChI=1S/C11H14F2N2O2/c1-3-11(12,13)10(16,7-14)8-4-5-9(17-2)15-6-8/h3-6,16H,1,7,14H2,2H3. The van der Waals surface area contributed by atoms with Crippen LogP contribution in [0.3, 0.4) is 0 Å². The van der Waals surface area contributed by atoms with Gasteiger partial charge in [-0.15, -0.1) is 0 Å². The Morgan fingerprint density at radius 3 is 2.59 bits per heavy atom. The van der Waals surface area contributed by atoms with Gasteiger partial charge in [-0.2, -0.15) is 8.78 Å². The SMILES string of the molecule is C=CC(F)(F)C(O)(CN)c1ccc(OC)nc1. The predicted octanol–water partition coefficient (Wildman–Crippen LogP) is 1.06. The van der Waals surface area contributed by atoms with E-state index in [1.165, 1.54) is 19.2 Å². The van der Waals surface area contributed by atoms with E-state index in [4.69, 9.17) is 10.5 Å². The van der Waals surface area contributed by atoms with E-state index in [0.717, 1.165) is 6.20 Å². The maximum Gasteiger partial charge on any atom is 0.299 e. The molecule has 0 aromatic carbocycles. The highest BCUT2D eigenvalue weighted by atomic mass is 19.3. The van der Waals surface area contributed by atoms with E-state index >= 15 is 0 Å². The molecule has 0 radical (unpaired) electrons. The van der Waals surface area contributed by atoms with Crippen LogP contribution < -0.4 is 10.5 Å². The number of methoxy groups -OCH3 is 1. The normalized spacial score (nSPS) is 15.1. The zero-order valence-corrected chi connectivity index (χ0v) is 9.36. The second kappa shape index (κ2) is 4.77. The molecule has 4 nitrogen and oxygen atoms in total. The zero-order chi connectivity index (χ0) is 13.1. The molecule has 0 fully saturated rings. The minimum atomic E-state index is -3.54. The highest BCUT2D eigenvalue weighted by Crippen LogP contribution is 2.37. The number of hydrogen-bond donors (Lipinski definition) is 2. The molecule has 1 heterocycles. The second-order valence-corrected chi connectivity index (χ2v) is 3.48. The van der Waals surface area contributed by atoms with Gasteiger partial charge in [-0.25, -0.2) is 4.98 Å². The molecule has 0 aliphatic rings. The van der Waals surface area contributed by atoms with Crippen molar-refractivity contribution < 1.29 is 18.6 Å². The third-order valence-electron chi connectivity index (χ3n) is 2.53. The summed E-state index contributed by atoms with van der Waals surface area (Å²) in [7, 11) is 1.40. The van der Waals surface area contributed by atoms with Crippen molar-refractivity contribution in [2.45, 2.75) is 11.5 Å². The Labute approximate surface area is 97.7 Å². The van der Waals surface area contributed by atoms with Gasteiger partial charge in [0.1, 0.15) is 0 Å². The Morgan fingerprint density at radius 1 is 1.59 bits per heavy atom. The average molecular weight is 244 g/mol. The van der Waals surface area contributed by atoms with Crippen LogP contribution in [-0.2, 0) is 5.60 Å². The number of pyridine rings is 1. The molecule has 0 aliphatic heterocycles. The lowest BCUT2D eigenvalue weighted by Crippen LogP contribution is -2.49. The van der Waals surface area contributed by atoms with Crippen LogP contribution in [0.2, 0.25) is 0 Å². The molecule has 6 heteroatoms. The molecule has 1 unspecified atom stereocenters. The monoisotopic (exact) mass is 244 g/mol. The molecule has 0 saturated carbocycles. The molecule has 17 heavy (non-hydrogen) atoms. The number of aromatic nitrogens is 1. The van der Waals surface area contributed by atoms with E-state index in [1.54, 1.807) is 0 Å². The van der Waals surface area contributed by atoms with Crippen molar-refractivity contribution in [1.82, 2.24) is 4.98 Å². The molecular formula is C11H14F2N2O2. The van der Waals surface area contributed by atoms with Crippen LogP contribution in [0.15, 0.2) is 31.0 Å². The molecule has 0 amide bonds. The number of nitrogens with zero attached hydrogens (tertiary/aromatic N) is 1. The fourth-order valence-corrected chi connectivity index (χ4v) is 1.36. The maximum atomic E-state index is 13.6. The lowest BCUT2D eigenvalue weighted by atomic mass is 9.88. The lowest BCUT2D eigenvalue weighted by molar-refractivity contribution is -0.150. The van der Waals surface area contributed by atoms with Crippen molar-refractivity contribution >= 4 is 0 Å². The number of hydrogen-bond acceptors (Lipinski definition) is 4. The fourth-order valence-electron chi connectivity index (χ4n) is 1.36. The van der Waals surface area contributed by atoms with Crippen LogP contribution in [0, 0.1) is 0 Å². The van der Waals surface area contributed by atoms with Gasteiger partial charge in [-0.1, -0.05) is 6.58 Å². The van der Waals surface area contributed by atoms with E-state index in [9.17, 15) is 13.9 Å². The number of alkyl halides is 2.